The van der Waals surface area contributed by atoms with Crippen molar-refractivity contribution in [1.82, 2.24) is 19.9 Å². The molecule has 11 heteroatoms. The third-order valence-corrected chi connectivity index (χ3v) is 6.76. The topological polar surface area (TPSA) is 107 Å². The van der Waals surface area contributed by atoms with Gasteiger partial charge in [-0.1, -0.05) is 36.4 Å². The molecule has 196 valence electrons. The molecular weight excluding hydrogens is 509 g/mol. The lowest BCUT2D eigenvalue weighted by molar-refractivity contribution is -0.0567. The molecule has 0 fully saturated rings. The van der Waals surface area contributed by atoms with Gasteiger partial charge in [0.05, 0.1) is 13.2 Å². The molecule has 0 saturated heterocycles. The third kappa shape index (κ3) is 5.43. The van der Waals surface area contributed by atoms with Crippen molar-refractivity contribution in [3.05, 3.63) is 98.9 Å². The highest BCUT2D eigenvalue weighted by atomic mass is 32.1. The van der Waals surface area contributed by atoms with Crippen LogP contribution in [-0.2, 0) is 30.0 Å². The van der Waals surface area contributed by atoms with Gasteiger partial charge in [0.25, 0.3) is 11.5 Å². The second kappa shape index (κ2) is 10.7. The number of benzene rings is 2. The predicted molar refractivity (Wildman–Crippen MR) is 141 cm³/mol. The van der Waals surface area contributed by atoms with Crippen LogP contribution in [0.5, 0.6) is 5.75 Å². The summed E-state index contributed by atoms with van der Waals surface area (Å²) in [6, 6.07) is 13.6. The van der Waals surface area contributed by atoms with Gasteiger partial charge in [-0.05, 0) is 37.1 Å². The monoisotopic (exact) mass is 535 g/mol. The fourth-order valence-corrected chi connectivity index (χ4v) is 4.69. The summed E-state index contributed by atoms with van der Waals surface area (Å²) in [7, 11) is 0. The van der Waals surface area contributed by atoms with E-state index in [1.807, 2.05) is 30.3 Å². The lowest BCUT2D eigenvalue weighted by Gasteiger charge is -2.32. The maximum atomic E-state index is 14.0. The van der Waals surface area contributed by atoms with Crippen LogP contribution >= 0.6 is 11.3 Å². The van der Waals surface area contributed by atoms with E-state index in [2.05, 4.69) is 20.6 Å². The van der Waals surface area contributed by atoms with Gasteiger partial charge in [0, 0.05) is 23.8 Å². The fourth-order valence-electron chi connectivity index (χ4n) is 4.15. The number of ether oxygens (including phenoxy) is 2. The van der Waals surface area contributed by atoms with Crippen LogP contribution in [0.3, 0.4) is 0 Å². The molecule has 0 spiro atoms. The van der Waals surface area contributed by atoms with Crippen LogP contribution in [0.2, 0.25) is 0 Å². The zero-order valence-corrected chi connectivity index (χ0v) is 21.7. The first-order valence-electron chi connectivity index (χ1n) is 12.0. The molecule has 1 aliphatic rings. The summed E-state index contributed by atoms with van der Waals surface area (Å²) < 4.78 is 27.2. The van der Waals surface area contributed by atoms with Gasteiger partial charge < -0.3 is 20.1 Å². The van der Waals surface area contributed by atoms with E-state index in [4.69, 9.17) is 9.47 Å². The number of carbonyl (C=O) groups is 1. The smallest absolute Gasteiger partial charge is 0.296 e. The van der Waals surface area contributed by atoms with Crippen LogP contribution in [0.25, 0.3) is 0 Å². The van der Waals surface area contributed by atoms with Gasteiger partial charge in [-0.3, -0.25) is 14.2 Å². The number of nitrogens with one attached hydrogen (secondary N) is 2. The van der Waals surface area contributed by atoms with Crippen molar-refractivity contribution >= 4 is 28.1 Å². The molecule has 4 aromatic rings. The van der Waals surface area contributed by atoms with Crippen molar-refractivity contribution in [3.8, 4) is 5.75 Å². The molecule has 2 aromatic carbocycles. The number of nitrogens with zero attached hydrogens (tertiary/aromatic N) is 3. The molecule has 2 aromatic heterocycles. The number of thiazole rings is 1. The Bertz CT molecular complexity index is 1510. The highest BCUT2D eigenvalue weighted by Crippen LogP contribution is 2.28. The number of fused-ring (bicyclic) bond motifs is 1. The Morgan fingerprint density at radius 2 is 2.05 bits per heavy atom. The van der Waals surface area contributed by atoms with Crippen LogP contribution in [0.1, 0.15) is 41.3 Å². The van der Waals surface area contributed by atoms with Crippen LogP contribution < -0.4 is 20.9 Å². The first kappa shape index (κ1) is 25.6. The molecule has 0 saturated carbocycles. The predicted octanol–water partition coefficient (Wildman–Crippen LogP) is 4.36. The maximum absolute atomic E-state index is 14.0. The fraction of sp³-hybridized carbons (Fsp3) is 0.259. The Morgan fingerprint density at radius 3 is 2.82 bits per heavy atom. The van der Waals surface area contributed by atoms with E-state index in [1.54, 1.807) is 31.5 Å². The summed E-state index contributed by atoms with van der Waals surface area (Å²) in [6.07, 6.45) is 1.64. The lowest BCUT2D eigenvalue weighted by Crippen LogP contribution is -2.43. The molecule has 0 aliphatic carbocycles. The van der Waals surface area contributed by atoms with Crippen molar-refractivity contribution in [3.63, 3.8) is 0 Å². The maximum Gasteiger partial charge on any atom is 0.296 e. The summed E-state index contributed by atoms with van der Waals surface area (Å²) in [5.41, 5.74) is 0.488. The second-order valence-corrected chi connectivity index (χ2v) is 10.0. The molecule has 38 heavy (non-hydrogen) atoms. The van der Waals surface area contributed by atoms with E-state index in [0.717, 1.165) is 5.56 Å². The lowest BCUT2D eigenvalue weighted by atomic mass is 10.1. The van der Waals surface area contributed by atoms with E-state index in [1.165, 1.54) is 28.0 Å². The molecular formula is C27H26FN5O4S. The van der Waals surface area contributed by atoms with Crippen molar-refractivity contribution in [2.45, 2.75) is 39.1 Å². The number of hydrogen-bond donors (Lipinski definition) is 2. The SMILES string of the molecule is CC1(C)OCCn2c1nc(C(=O)NCc1ccc(F)cc1Nc1nccs1)c(OCc1ccccc1)c2=O. The third-order valence-electron chi connectivity index (χ3n) is 6.07. The van der Waals surface area contributed by atoms with E-state index < -0.39 is 22.9 Å². The quantitative estimate of drug-likeness (QED) is 0.345. The highest BCUT2D eigenvalue weighted by Gasteiger charge is 2.35. The van der Waals surface area contributed by atoms with Gasteiger partial charge in [-0.15, -0.1) is 11.3 Å². The normalized spacial score (nSPS) is 14.0. The summed E-state index contributed by atoms with van der Waals surface area (Å²) in [4.78, 5) is 35.7. The van der Waals surface area contributed by atoms with Gasteiger partial charge >= 0.3 is 0 Å². The number of rotatable bonds is 8. The minimum absolute atomic E-state index is 0.0466. The number of hydrogen-bond acceptors (Lipinski definition) is 8. The van der Waals surface area contributed by atoms with Gasteiger partial charge in [-0.2, -0.15) is 0 Å². The Labute approximate surface area is 222 Å². The first-order valence-corrected chi connectivity index (χ1v) is 12.9. The van der Waals surface area contributed by atoms with Gasteiger partial charge in [0.2, 0.25) is 5.75 Å². The van der Waals surface area contributed by atoms with E-state index in [9.17, 15) is 14.0 Å². The van der Waals surface area contributed by atoms with Crippen LogP contribution in [0, 0.1) is 5.82 Å². The van der Waals surface area contributed by atoms with Crippen molar-refractivity contribution in [2.75, 3.05) is 11.9 Å². The van der Waals surface area contributed by atoms with Crippen molar-refractivity contribution in [1.29, 1.82) is 0 Å². The zero-order valence-electron chi connectivity index (χ0n) is 20.9. The average Bonchev–Trinajstić information content (AvgIpc) is 3.41. The molecule has 0 bridgehead atoms. The average molecular weight is 536 g/mol. The summed E-state index contributed by atoms with van der Waals surface area (Å²) >= 11 is 1.37. The van der Waals surface area contributed by atoms with Gasteiger partial charge in [0.15, 0.2) is 10.8 Å². The van der Waals surface area contributed by atoms with Gasteiger partial charge in [0.1, 0.15) is 23.8 Å². The molecule has 0 atom stereocenters. The Hall–Kier alpha value is -4.09. The summed E-state index contributed by atoms with van der Waals surface area (Å²) in [5, 5.41) is 8.26. The highest BCUT2D eigenvalue weighted by molar-refractivity contribution is 7.13. The van der Waals surface area contributed by atoms with Crippen LogP contribution in [0.4, 0.5) is 15.2 Å². The molecule has 2 N–H and O–H groups in total. The Kier molecular flexibility index (Phi) is 7.21. The first-order chi connectivity index (χ1) is 18.3. The van der Waals surface area contributed by atoms with Crippen LogP contribution in [0.15, 0.2) is 64.9 Å². The van der Waals surface area contributed by atoms with Crippen molar-refractivity contribution in [2.24, 2.45) is 0 Å². The van der Waals surface area contributed by atoms with E-state index in [-0.39, 0.29) is 24.6 Å². The van der Waals surface area contributed by atoms with Gasteiger partial charge in [-0.25, -0.2) is 14.4 Å². The molecule has 1 amide bonds. The zero-order chi connectivity index (χ0) is 26.7. The molecule has 3 heterocycles. The molecule has 5 rings (SSSR count). The molecule has 9 nitrogen and oxygen atoms in total. The second-order valence-electron chi connectivity index (χ2n) is 9.15. The van der Waals surface area contributed by atoms with Crippen molar-refractivity contribution < 1.29 is 18.7 Å². The van der Waals surface area contributed by atoms with E-state index in [0.29, 0.717) is 35.4 Å². The largest absolute Gasteiger partial charge is 0.481 e. The number of aromatic nitrogens is 3. The van der Waals surface area contributed by atoms with E-state index >= 15 is 0 Å². The Balaban J connectivity index is 1.45. The summed E-state index contributed by atoms with van der Waals surface area (Å²) in [5.74, 6) is -0.811. The number of amides is 1. The van der Waals surface area contributed by atoms with Crippen LogP contribution in [-0.4, -0.2) is 27.0 Å². The number of carbonyl (C=O) groups excluding carboxylic acids is 1. The minimum Gasteiger partial charge on any atom is -0.481 e. The summed E-state index contributed by atoms with van der Waals surface area (Å²) in [6.45, 7) is 4.37. The Morgan fingerprint density at radius 1 is 1.24 bits per heavy atom. The number of anilines is 2. The minimum atomic E-state index is -0.869. The molecule has 0 radical (unpaired) electrons. The number of halogens is 1. The molecule has 0 unspecified atom stereocenters. The molecule has 1 aliphatic heterocycles. The standard InChI is InChI=1S/C27H26FN5O4S/c1-27(2)25-32-21(22(24(35)33(25)11-12-37-27)36-16-17-6-4-3-5-7-17)23(34)30-15-18-8-9-19(28)14-20(18)31-26-29-10-13-38-26/h3-10,13-14H,11-12,15-16H2,1-2H3,(H,29,31)(H,30,34).